The predicted molar refractivity (Wildman–Crippen MR) is 132 cm³/mol. The van der Waals surface area contributed by atoms with Crippen LogP contribution in [0.25, 0.3) is 0 Å². The number of hydrogen-bond donors (Lipinski definition) is 1. The van der Waals surface area contributed by atoms with Gasteiger partial charge < -0.3 is 19.7 Å². The van der Waals surface area contributed by atoms with Crippen molar-refractivity contribution < 1.29 is 19.1 Å². The Kier molecular flexibility index (Phi) is 11.0. The fourth-order valence-corrected chi connectivity index (χ4v) is 3.63. The van der Waals surface area contributed by atoms with Gasteiger partial charge in [-0.25, -0.2) is 0 Å². The highest BCUT2D eigenvalue weighted by molar-refractivity contribution is 6.31. The van der Waals surface area contributed by atoms with Gasteiger partial charge in [-0.15, -0.1) is 0 Å². The second kappa shape index (κ2) is 13.7. The van der Waals surface area contributed by atoms with Gasteiger partial charge in [-0.05, 0) is 62.9 Å². The van der Waals surface area contributed by atoms with Crippen molar-refractivity contribution in [1.29, 1.82) is 0 Å². The summed E-state index contributed by atoms with van der Waals surface area (Å²) in [4.78, 5) is 27.5. The first-order valence-electron chi connectivity index (χ1n) is 11.6. The minimum absolute atomic E-state index is 0.110. The van der Waals surface area contributed by atoms with Gasteiger partial charge >= 0.3 is 0 Å². The molecule has 0 bridgehead atoms. The number of halogens is 1. The zero-order valence-electron chi connectivity index (χ0n) is 20.0. The number of aryl methyl sites for hydroxylation is 1. The molecule has 0 spiro atoms. The lowest BCUT2D eigenvalue weighted by molar-refractivity contribution is -0.140. The molecule has 0 heterocycles. The molecule has 0 fully saturated rings. The van der Waals surface area contributed by atoms with Crippen LogP contribution in [0.1, 0.15) is 51.7 Å². The highest BCUT2D eigenvalue weighted by atomic mass is 35.5. The van der Waals surface area contributed by atoms with E-state index >= 15 is 0 Å². The molecule has 7 heteroatoms. The molecule has 0 radical (unpaired) electrons. The summed E-state index contributed by atoms with van der Waals surface area (Å²) in [6, 6.07) is 12.5. The third kappa shape index (κ3) is 7.97. The minimum atomic E-state index is -0.611. The lowest BCUT2D eigenvalue weighted by Crippen LogP contribution is -2.47. The highest BCUT2D eigenvalue weighted by Crippen LogP contribution is 2.29. The fourth-order valence-electron chi connectivity index (χ4n) is 3.43. The average Bonchev–Trinajstić information content (AvgIpc) is 2.81. The molecular weight excluding hydrogens is 440 g/mol. The van der Waals surface area contributed by atoms with E-state index in [0.717, 1.165) is 17.5 Å². The van der Waals surface area contributed by atoms with Gasteiger partial charge in [0.1, 0.15) is 6.04 Å². The van der Waals surface area contributed by atoms with Crippen LogP contribution < -0.4 is 14.8 Å². The Morgan fingerprint density at radius 3 is 2.39 bits per heavy atom. The first-order chi connectivity index (χ1) is 15.9. The van der Waals surface area contributed by atoms with Gasteiger partial charge in [0.05, 0.1) is 13.2 Å². The van der Waals surface area contributed by atoms with Gasteiger partial charge in [-0.1, -0.05) is 42.8 Å². The smallest absolute Gasteiger partial charge is 0.242 e. The molecule has 33 heavy (non-hydrogen) atoms. The Morgan fingerprint density at radius 2 is 1.73 bits per heavy atom. The van der Waals surface area contributed by atoms with Gasteiger partial charge in [0.25, 0.3) is 0 Å². The molecule has 2 aromatic carbocycles. The van der Waals surface area contributed by atoms with E-state index in [1.165, 1.54) is 0 Å². The molecular formula is C26H35ClN2O4. The molecule has 0 unspecified atom stereocenters. The topological polar surface area (TPSA) is 67.9 Å². The van der Waals surface area contributed by atoms with E-state index in [1.807, 2.05) is 57.2 Å². The van der Waals surface area contributed by atoms with Crippen LogP contribution in [-0.2, 0) is 22.6 Å². The normalized spacial score (nSPS) is 11.5. The van der Waals surface area contributed by atoms with Gasteiger partial charge in [-0.2, -0.15) is 0 Å². The number of nitrogens with zero attached hydrogens (tertiary/aromatic N) is 1. The molecule has 2 rings (SSSR count). The van der Waals surface area contributed by atoms with Gasteiger partial charge in [0, 0.05) is 24.5 Å². The van der Waals surface area contributed by atoms with E-state index in [-0.39, 0.29) is 24.8 Å². The Bertz CT molecular complexity index is 919. The highest BCUT2D eigenvalue weighted by Gasteiger charge is 2.26. The Hall–Kier alpha value is -2.73. The third-order valence-corrected chi connectivity index (χ3v) is 5.62. The Morgan fingerprint density at radius 1 is 1.03 bits per heavy atom. The first-order valence-corrected chi connectivity index (χ1v) is 12.0. The number of hydrogen-bond acceptors (Lipinski definition) is 4. The molecule has 0 aliphatic rings. The van der Waals surface area contributed by atoms with Crippen LogP contribution >= 0.6 is 11.6 Å². The summed E-state index contributed by atoms with van der Waals surface area (Å²) < 4.78 is 11.3. The first kappa shape index (κ1) is 26.5. The fraction of sp³-hybridized carbons (Fsp3) is 0.462. The van der Waals surface area contributed by atoms with Crippen LogP contribution in [0.5, 0.6) is 11.5 Å². The van der Waals surface area contributed by atoms with E-state index < -0.39 is 6.04 Å². The number of benzene rings is 2. The lowest BCUT2D eigenvalue weighted by atomic mass is 10.1. The van der Waals surface area contributed by atoms with E-state index in [4.69, 9.17) is 21.1 Å². The maximum absolute atomic E-state index is 13.3. The number of carbonyl (C=O) groups is 2. The molecule has 0 aromatic heterocycles. The molecule has 0 saturated carbocycles. The molecule has 180 valence electrons. The van der Waals surface area contributed by atoms with Crippen molar-refractivity contribution in [2.45, 2.75) is 59.5 Å². The number of amides is 2. The van der Waals surface area contributed by atoms with Crippen molar-refractivity contribution in [2.75, 3.05) is 19.8 Å². The number of nitrogens with one attached hydrogen (secondary N) is 1. The zero-order valence-corrected chi connectivity index (χ0v) is 20.8. The van der Waals surface area contributed by atoms with Crippen LogP contribution in [0.2, 0.25) is 5.02 Å². The molecule has 1 N–H and O–H groups in total. The van der Waals surface area contributed by atoms with E-state index in [9.17, 15) is 9.59 Å². The summed E-state index contributed by atoms with van der Waals surface area (Å²) in [5, 5.41) is 3.46. The van der Waals surface area contributed by atoms with Crippen LogP contribution in [-0.4, -0.2) is 42.5 Å². The summed E-state index contributed by atoms with van der Waals surface area (Å²) in [5.74, 6) is 1.08. The molecule has 2 aromatic rings. The lowest BCUT2D eigenvalue weighted by Gasteiger charge is -2.29. The molecule has 6 nitrogen and oxygen atoms in total. The SMILES string of the molecule is CCCNC(=O)[C@@H](C)N(Cc1ccccc1Cl)C(=O)CCc1ccc(OCC)c(OCC)c1. The predicted octanol–water partition coefficient (Wildman–Crippen LogP) is 5.01. The molecule has 0 aliphatic carbocycles. The summed E-state index contributed by atoms with van der Waals surface area (Å²) in [6.07, 6.45) is 1.61. The molecule has 0 aliphatic heterocycles. The largest absolute Gasteiger partial charge is 0.490 e. The third-order valence-electron chi connectivity index (χ3n) is 5.25. The number of ether oxygens (including phenoxy) is 2. The maximum Gasteiger partial charge on any atom is 0.242 e. The quantitative estimate of drug-likeness (QED) is 0.443. The minimum Gasteiger partial charge on any atom is -0.490 e. The molecule has 1 atom stereocenters. The standard InChI is InChI=1S/C26H35ClN2O4/c1-5-16-28-26(31)19(4)29(18-21-10-8-9-11-22(21)27)25(30)15-13-20-12-14-23(32-6-2)24(17-20)33-7-3/h8-12,14,17,19H,5-7,13,15-16,18H2,1-4H3,(H,28,31)/t19-/m1/s1. The van der Waals surface area contributed by atoms with Crippen molar-refractivity contribution in [1.82, 2.24) is 10.2 Å². The van der Waals surface area contributed by atoms with Crippen molar-refractivity contribution in [3.05, 3.63) is 58.6 Å². The Labute approximate surface area is 202 Å². The maximum atomic E-state index is 13.3. The molecule has 0 saturated heterocycles. The van der Waals surface area contributed by atoms with Crippen LogP contribution in [0.15, 0.2) is 42.5 Å². The summed E-state index contributed by atoms with van der Waals surface area (Å²) in [7, 11) is 0. The van der Waals surface area contributed by atoms with E-state index in [2.05, 4.69) is 5.32 Å². The van der Waals surface area contributed by atoms with E-state index in [0.29, 0.717) is 42.7 Å². The van der Waals surface area contributed by atoms with Gasteiger partial charge in [0.15, 0.2) is 11.5 Å². The van der Waals surface area contributed by atoms with Crippen molar-refractivity contribution in [3.63, 3.8) is 0 Å². The van der Waals surface area contributed by atoms with Crippen LogP contribution in [0.4, 0.5) is 0 Å². The second-order valence-corrected chi connectivity index (χ2v) is 8.13. The van der Waals surface area contributed by atoms with Crippen LogP contribution in [0, 0.1) is 0 Å². The van der Waals surface area contributed by atoms with Gasteiger partial charge in [0.2, 0.25) is 11.8 Å². The second-order valence-electron chi connectivity index (χ2n) is 7.73. The average molecular weight is 475 g/mol. The Balaban J connectivity index is 2.17. The summed E-state index contributed by atoms with van der Waals surface area (Å²) in [6.45, 7) is 9.51. The van der Waals surface area contributed by atoms with Gasteiger partial charge in [-0.3, -0.25) is 9.59 Å². The van der Waals surface area contributed by atoms with Crippen molar-refractivity contribution >= 4 is 23.4 Å². The number of carbonyl (C=O) groups excluding carboxylic acids is 2. The summed E-state index contributed by atoms with van der Waals surface area (Å²) >= 11 is 6.34. The van der Waals surface area contributed by atoms with E-state index in [1.54, 1.807) is 17.9 Å². The summed E-state index contributed by atoms with van der Waals surface area (Å²) in [5.41, 5.74) is 1.78. The zero-order chi connectivity index (χ0) is 24.2. The number of rotatable bonds is 13. The van der Waals surface area contributed by atoms with Crippen molar-refractivity contribution in [3.8, 4) is 11.5 Å². The van der Waals surface area contributed by atoms with Crippen LogP contribution in [0.3, 0.4) is 0 Å². The monoisotopic (exact) mass is 474 g/mol. The molecule has 2 amide bonds. The van der Waals surface area contributed by atoms with Crippen molar-refractivity contribution in [2.24, 2.45) is 0 Å².